The van der Waals surface area contributed by atoms with Crippen LogP contribution < -0.4 is 29.3 Å². The number of aryl methyl sites for hydroxylation is 1. The first-order chi connectivity index (χ1) is 19.0. The summed E-state index contributed by atoms with van der Waals surface area (Å²) < 4.78 is 37.8. The van der Waals surface area contributed by atoms with E-state index in [4.69, 9.17) is 21.1 Å². The third-order valence-electron chi connectivity index (χ3n) is 6.60. The summed E-state index contributed by atoms with van der Waals surface area (Å²) in [7, 11) is 5.73. The van der Waals surface area contributed by atoms with Crippen LogP contribution in [0.4, 0.5) is 34.5 Å². The summed E-state index contributed by atoms with van der Waals surface area (Å²) in [6.07, 6.45) is 4.10. The number of nitrogens with one attached hydrogen (secondary N) is 2. The normalized spacial score (nSPS) is 13.3. The predicted molar refractivity (Wildman–Crippen MR) is 162 cm³/mol. The molecule has 0 saturated carbocycles. The summed E-state index contributed by atoms with van der Waals surface area (Å²) in [4.78, 5) is 13.3. The zero-order valence-electron chi connectivity index (χ0n) is 23.7. The van der Waals surface area contributed by atoms with E-state index >= 15 is 0 Å². The number of likely N-dealkylation sites (N-methyl/N-ethyl adjacent to an activating group) is 2. The van der Waals surface area contributed by atoms with E-state index in [0.717, 1.165) is 43.4 Å². The number of anilines is 6. The van der Waals surface area contributed by atoms with E-state index in [2.05, 4.69) is 57.6 Å². The molecule has 0 spiro atoms. The Bertz CT molecular complexity index is 1470. The van der Waals surface area contributed by atoms with Crippen molar-refractivity contribution in [1.29, 1.82) is 0 Å². The van der Waals surface area contributed by atoms with Gasteiger partial charge in [0.05, 0.1) is 43.2 Å². The summed E-state index contributed by atoms with van der Waals surface area (Å²) in [6, 6.07) is 9.30. The maximum absolute atomic E-state index is 12.4. The molecule has 0 atom stereocenters. The number of aromatic nitrogens is 2. The topological polar surface area (TPSA) is 112 Å². The van der Waals surface area contributed by atoms with Crippen LogP contribution in [0.1, 0.15) is 12.0 Å². The van der Waals surface area contributed by atoms with Gasteiger partial charge in [-0.25, -0.2) is 13.4 Å². The van der Waals surface area contributed by atoms with Gasteiger partial charge in [-0.15, -0.1) is 0 Å². The number of hydrogen-bond acceptors (Lipinski definition) is 10. The van der Waals surface area contributed by atoms with Crippen molar-refractivity contribution >= 4 is 56.1 Å². The number of hydrogen-bond donors (Lipinski definition) is 2. The number of methoxy groups -OCH3 is 1. The van der Waals surface area contributed by atoms with Gasteiger partial charge in [0.15, 0.2) is 5.82 Å². The highest BCUT2D eigenvalue weighted by atomic mass is 35.5. The van der Waals surface area contributed by atoms with Crippen molar-refractivity contribution < 1.29 is 17.9 Å². The van der Waals surface area contributed by atoms with Crippen LogP contribution in [0.2, 0.25) is 5.02 Å². The average Bonchev–Trinajstić information content (AvgIpc) is 2.90. The van der Waals surface area contributed by atoms with E-state index in [0.29, 0.717) is 46.9 Å². The minimum atomic E-state index is -3.56. The van der Waals surface area contributed by atoms with Gasteiger partial charge in [-0.1, -0.05) is 11.6 Å². The van der Waals surface area contributed by atoms with Crippen molar-refractivity contribution in [3.63, 3.8) is 0 Å². The zero-order valence-corrected chi connectivity index (χ0v) is 25.2. The number of fused-ring (bicyclic) bond motifs is 5. The van der Waals surface area contributed by atoms with Gasteiger partial charge < -0.3 is 29.9 Å². The lowest BCUT2D eigenvalue weighted by atomic mass is 10.0. The Labute approximate surface area is 241 Å². The molecule has 13 heteroatoms. The second kappa shape index (κ2) is 12.4. The number of ether oxygens (including phenoxy) is 2. The maximum atomic E-state index is 12.4. The Kier molecular flexibility index (Phi) is 9.12. The number of halogens is 1. The second-order valence-electron chi connectivity index (χ2n) is 9.91. The van der Waals surface area contributed by atoms with Crippen molar-refractivity contribution in [2.75, 3.05) is 81.1 Å². The summed E-state index contributed by atoms with van der Waals surface area (Å²) >= 11 is 6.45. The van der Waals surface area contributed by atoms with Crippen LogP contribution in [0.15, 0.2) is 36.5 Å². The molecule has 0 saturated heterocycles. The number of benzene rings is 2. The summed E-state index contributed by atoms with van der Waals surface area (Å²) in [5.41, 5.74) is 3.77. The fraction of sp³-hybridized carbons (Fsp3) is 0.407. The molecule has 2 aliphatic heterocycles. The first-order valence-corrected chi connectivity index (χ1v) is 15.0. The van der Waals surface area contributed by atoms with Crippen molar-refractivity contribution in [1.82, 2.24) is 14.9 Å². The highest BCUT2D eigenvalue weighted by Gasteiger charge is 2.20. The van der Waals surface area contributed by atoms with E-state index in [1.807, 2.05) is 6.07 Å². The van der Waals surface area contributed by atoms with Crippen molar-refractivity contribution in [2.24, 2.45) is 0 Å². The molecule has 11 nitrogen and oxygen atoms in total. The van der Waals surface area contributed by atoms with Crippen LogP contribution in [0.25, 0.3) is 0 Å². The van der Waals surface area contributed by atoms with Crippen LogP contribution in [0.3, 0.4) is 0 Å². The van der Waals surface area contributed by atoms with Gasteiger partial charge in [-0.05, 0) is 50.7 Å². The summed E-state index contributed by atoms with van der Waals surface area (Å²) in [5, 5.41) is 6.71. The van der Waals surface area contributed by atoms with E-state index in [1.54, 1.807) is 25.3 Å². The van der Waals surface area contributed by atoms with E-state index in [9.17, 15) is 8.42 Å². The lowest BCUT2D eigenvalue weighted by Crippen LogP contribution is -2.29. The van der Waals surface area contributed by atoms with Crippen LogP contribution in [0.5, 0.6) is 11.5 Å². The molecule has 0 radical (unpaired) electrons. The number of rotatable bonds is 7. The van der Waals surface area contributed by atoms with Gasteiger partial charge in [0, 0.05) is 45.0 Å². The van der Waals surface area contributed by atoms with Crippen LogP contribution >= 0.6 is 11.6 Å². The third kappa shape index (κ3) is 6.98. The molecule has 1 aromatic heterocycles. The van der Waals surface area contributed by atoms with Crippen molar-refractivity contribution in [3.05, 3.63) is 47.1 Å². The molecule has 5 rings (SSSR count). The lowest BCUT2D eigenvalue weighted by Gasteiger charge is -2.26. The van der Waals surface area contributed by atoms with Crippen molar-refractivity contribution in [2.45, 2.75) is 12.8 Å². The number of sulfonamides is 1. The molecule has 2 aliphatic rings. The second-order valence-corrected chi connectivity index (χ2v) is 12.3. The number of nitrogens with zero attached hydrogens (tertiary/aromatic N) is 5. The lowest BCUT2D eigenvalue weighted by molar-refractivity contribution is 0.311. The minimum absolute atomic E-state index is 0.269. The Balaban J connectivity index is 1.79. The van der Waals surface area contributed by atoms with Crippen LogP contribution in [0, 0.1) is 0 Å². The standard InChI is InChI=1S/C27H36ClN7O4S/c1-33(2)11-12-34(3)23-16-25(38-5)22-14-18(23)8-7-13-39-19-9-10-21(24(15-19)35(4)40(6,36)37)30-26-20(28)17-29-27(31-22)32-26/h9-10,14-17H,7-8,11-13H2,1-6H3,(H2,29,30,31,32). The quantitative estimate of drug-likeness (QED) is 0.412. The summed E-state index contributed by atoms with van der Waals surface area (Å²) in [6.45, 7) is 2.18. The maximum Gasteiger partial charge on any atom is 0.232 e. The summed E-state index contributed by atoms with van der Waals surface area (Å²) in [5.74, 6) is 1.81. The van der Waals surface area contributed by atoms with Crippen LogP contribution in [-0.2, 0) is 16.4 Å². The van der Waals surface area contributed by atoms with Gasteiger partial charge in [0.2, 0.25) is 16.0 Å². The van der Waals surface area contributed by atoms with Gasteiger partial charge in [0.1, 0.15) is 16.5 Å². The van der Waals surface area contributed by atoms with E-state index in [1.165, 1.54) is 17.5 Å². The zero-order chi connectivity index (χ0) is 29.0. The molecule has 0 amide bonds. The first kappa shape index (κ1) is 29.5. The SMILES string of the molecule is COc1cc(N(C)CCN(C)C)c2cc1Nc1ncc(Cl)c(n1)Nc1ccc(cc1N(C)S(C)(=O)=O)OCCC2. The monoisotopic (exact) mass is 589 g/mol. The van der Waals surface area contributed by atoms with E-state index < -0.39 is 10.0 Å². The average molecular weight is 590 g/mol. The third-order valence-corrected chi connectivity index (χ3v) is 8.07. The molecular weight excluding hydrogens is 554 g/mol. The largest absolute Gasteiger partial charge is 0.494 e. The van der Waals surface area contributed by atoms with Gasteiger partial charge >= 0.3 is 0 Å². The fourth-order valence-corrected chi connectivity index (χ4v) is 4.91. The van der Waals surface area contributed by atoms with Gasteiger partial charge in [-0.2, -0.15) is 4.98 Å². The fourth-order valence-electron chi connectivity index (χ4n) is 4.27. The molecule has 0 fully saturated rings. The molecule has 0 unspecified atom stereocenters. The van der Waals surface area contributed by atoms with Gasteiger partial charge in [-0.3, -0.25) is 4.31 Å². The van der Waals surface area contributed by atoms with Gasteiger partial charge in [0.25, 0.3) is 0 Å². The molecule has 40 heavy (non-hydrogen) atoms. The predicted octanol–water partition coefficient (Wildman–Crippen LogP) is 4.34. The van der Waals surface area contributed by atoms with Crippen LogP contribution in [-0.4, -0.2) is 84.5 Å². The molecule has 216 valence electrons. The Morgan fingerprint density at radius 2 is 1.82 bits per heavy atom. The molecule has 2 N–H and O–H groups in total. The highest BCUT2D eigenvalue weighted by Crippen LogP contribution is 2.38. The smallest absolute Gasteiger partial charge is 0.232 e. The molecular formula is C27H36ClN7O4S. The Morgan fingerprint density at radius 1 is 1.05 bits per heavy atom. The van der Waals surface area contributed by atoms with Crippen molar-refractivity contribution in [3.8, 4) is 11.5 Å². The Hall–Kier alpha value is -3.48. The molecule has 3 aromatic rings. The minimum Gasteiger partial charge on any atom is -0.494 e. The molecule has 3 heterocycles. The first-order valence-electron chi connectivity index (χ1n) is 12.8. The molecule has 6 bridgehead atoms. The molecule has 2 aromatic carbocycles. The Morgan fingerprint density at radius 3 is 2.52 bits per heavy atom. The highest BCUT2D eigenvalue weighted by molar-refractivity contribution is 7.92. The van der Waals surface area contributed by atoms with E-state index in [-0.39, 0.29) is 5.02 Å². The molecule has 0 aliphatic carbocycles.